The Morgan fingerprint density at radius 1 is 1.35 bits per heavy atom. The molecule has 0 fully saturated rings. The molecule has 0 amide bonds. The van der Waals surface area contributed by atoms with Gasteiger partial charge in [-0.1, -0.05) is 26.7 Å². The van der Waals surface area contributed by atoms with E-state index in [1.165, 1.54) is 18.5 Å². The quantitative estimate of drug-likeness (QED) is 0.873. The van der Waals surface area contributed by atoms with Crippen LogP contribution >= 0.6 is 15.9 Å². The minimum absolute atomic E-state index is 0.548. The molecular formula is C13H24BrN3. The predicted octanol–water partition coefficient (Wildman–Crippen LogP) is 3.41. The summed E-state index contributed by atoms with van der Waals surface area (Å²) < 4.78 is 3.08. The third-order valence-electron chi connectivity index (χ3n) is 3.61. The Balaban J connectivity index is 2.61. The number of nitrogens with zero attached hydrogens (tertiary/aromatic N) is 2. The average molecular weight is 302 g/mol. The monoisotopic (exact) mass is 301 g/mol. The van der Waals surface area contributed by atoms with Gasteiger partial charge in [-0.15, -0.1) is 0 Å². The van der Waals surface area contributed by atoms with Crippen molar-refractivity contribution in [3.05, 3.63) is 15.9 Å². The zero-order chi connectivity index (χ0) is 13.0. The smallest absolute Gasteiger partial charge is 0.0739 e. The highest BCUT2D eigenvalue weighted by atomic mass is 79.9. The summed E-state index contributed by atoms with van der Waals surface area (Å²) in [5, 5.41) is 8.01. The van der Waals surface area contributed by atoms with E-state index in [0.717, 1.165) is 22.6 Å². The number of hydrogen-bond donors (Lipinski definition) is 1. The molecule has 98 valence electrons. The molecule has 0 saturated heterocycles. The van der Waals surface area contributed by atoms with E-state index in [2.05, 4.69) is 47.1 Å². The van der Waals surface area contributed by atoms with Crippen LogP contribution < -0.4 is 5.32 Å². The number of rotatable bonds is 6. The summed E-state index contributed by atoms with van der Waals surface area (Å²) in [7, 11) is 2.00. The lowest BCUT2D eigenvalue weighted by Crippen LogP contribution is -2.33. The van der Waals surface area contributed by atoms with E-state index in [9.17, 15) is 0 Å². The number of aryl methyl sites for hydroxylation is 2. The van der Waals surface area contributed by atoms with Gasteiger partial charge in [0.2, 0.25) is 0 Å². The molecule has 0 saturated carbocycles. The van der Waals surface area contributed by atoms with Crippen molar-refractivity contribution in [1.82, 2.24) is 15.1 Å². The Bertz CT molecular complexity index is 356. The van der Waals surface area contributed by atoms with Gasteiger partial charge in [0.05, 0.1) is 15.9 Å². The fourth-order valence-electron chi connectivity index (χ4n) is 2.29. The fraction of sp³-hybridized carbons (Fsp3) is 0.769. The Kier molecular flexibility index (Phi) is 5.67. The largest absolute Gasteiger partial charge is 0.308 e. The fourth-order valence-corrected chi connectivity index (χ4v) is 2.77. The first kappa shape index (κ1) is 14.7. The van der Waals surface area contributed by atoms with E-state index in [-0.39, 0.29) is 0 Å². The lowest BCUT2D eigenvalue weighted by molar-refractivity contribution is 0.349. The number of hydrogen-bond acceptors (Lipinski definition) is 2. The van der Waals surface area contributed by atoms with Crippen molar-refractivity contribution in [3.63, 3.8) is 0 Å². The molecule has 1 aromatic heterocycles. The Morgan fingerprint density at radius 2 is 1.94 bits per heavy atom. The van der Waals surface area contributed by atoms with Crippen LogP contribution in [-0.2, 0) is 13.6 Å². The molecule has 0 aliphatic carbocycles. The average Bonchev–Trinajstić information content (AvgIpc) is 2.53. The Morgan fingerprint density at radius 3 is 2.35 bits per heavy atom. The summed E-state index contributed by atoms with van der Waals surface area (Å²) in [6, 6.07) is 0.548. The van der Waals surface area contributed by atoms with E-state index in [4.69, 9.17) is 0 Å². The van der Waals surface area contributed by atoms with Gasteiger partial charge < -0.3 is 5.32 Å². The normalized spacial score (nSPS) is 13.4. The molecule has 0 aromatic carbocycles. The molecule has 0 aliphatic rings. The highest BCUT2D eigenvalue weighted by molar-refractivity contribution is 9.10. The zero-order valence-electron chi connectivity index (χ0n) is 11.5. The van der Waals surface area contributed by atoms with E-state index < -0.39 is 0 Å². The maximum Gasteiger partial charge on any atom is 0.0739 e. The maximum atomic E-state index is 4.40. The van der Waals surface area contributed by atoms with Gasteiger partial charge in [0, 0.05) is 19.6 Å². The van der Waals surface area contributed by atoms with Crippen LogP contribution in [0.5, 0.6) is 0 Å². The van der Waals surface area contributed by atoms with Crippen molar-refractivity contribution < 1.29 is 0 Å². The van der Waals surface area contributed by atoms with Gasteiger partial charge in [-0.3, -0.25) is 4.68 Å². The predicted molar refractivity (Wildman–Crippen MR) is 76.0 cm³/mol. The van der Waals surface area contributed by atoms with Gasteiger partial charge in [0.25, 0.3) is 0 Å². The molecule has 1 heterocycles. The van der Waals surface area contributed by atoms with E-state index >= 15 is 0 Å². The number of halogens is 1. The second-order valence-corrected chi connectivity index (χ2v) is 5.51. The van der Waals surface area contributed by atoms with Gasteiger partial charge in [-0.2, -0.15) is 5.10 Å². The highest BCUT2D eigenvalue weighted by Gasteiger charge is 2.15. The Hall–Kier alpha value is -0.350. The van der Waals surface area contributed by atoms with Crippen molar-refractivity contribution >= 4 is 15.9 Å². The molecule has 0 radical (unpaired) electrons. The third-order valence-corrected chi connectivity index (χ3v) is 4.64. The van der Waals surface area contributed by atoms with Crippen LogP contribution in [-0.4, -0.2) is 15.8 Å². The topological polar surface area (TPSA) is 29.9 Å². The highest BCUT2D eigenvalue weighted by Crippen LogP contribution is 2.20. The molecule has 1 aromatic rings. The first-order chi connectivity index (χ1) is 8.01. The molecule has 1 unspecified atom stereocenters. The van der Waals surface area contributed by atoms with Gasteiger partial charge in [0.1, 0.15) is 0 Å². The standard InChI is InChI=1S/C13H24BrN3/c1-6-11(7-2)9(3)15-8-12-13(14)10(4)16-17(12)5/h9,11,15H,6-8H2,1-5H3. The van der Waals surface area contributed by atoms with Crippen LogP contribution in [0.2, 0.25) is 0 Å². The summed E-state index contributed by atoms with van der Waals surface area (Å²) in [5.74, 6) is 0.753. The van der Waals surface area contributed by atoms with Gasteiger partial charge in [-0.05, 0) is 35.7 Å². The maximum absolute atomic E-state index is 4.40. The minimum atomic E-state index is 0.548. The second-order valence-electron chi connectivity index (χ2n) is 4.72. The Labute approximate surface area is 113 Å². The SMILES string of the molecule is CCC(CC)C(C)NCc1c(Br)c(C)nn1C. The molecule has 0 bridgehead atoms. The summed E-state index contributed by atoms with van der Waals surface area (Å²) in [6.45, 7) is 9.69. The molecule has 0 spiro atoms. The van der Waals surface area contributed by atoms with E-state index in [1.807, 2.05) is 18.7 Å². The van der Waals surface area contributed by atoms with Crippen LogP contribution in [0.25, 0.3) is 0 Å². The molecular weight excluding hydrogens is 278 g/mol. The van der Waals surface area contributed by atoms with Crippen LogP contribution in [0.4, 0.5) is 0 Å². The van der Waals surface area contributed by atoms with Crippen molar-refractivity contribution in [2.24, 2.45) is 13.0 Å². The van der Waals surface area contributed by atoms with Gasteiger partial charge in [-0.25, -0.2) is 0 Å². The molecule has 0 aliphatic heterocycles. The van der Waals surface area contributed by atoms with Crippen LogP contribution in [0.3, 0.4) is 0 Å². The van der Waals surface area contributed by atoms with Crippen molar-refractivity contribution in [3.8, 4) is 0 Å². The van der Waals surface area contributed by atoms with Crippen molar-refractivity contribution in [2.45, 2.75) is 53.1 Å². The van der Waals surface area contributed by atoms with Crippen molar-refractivity contribution in [2.75, 3.05) is 0 Å². The van der Waals surface area contributed by atoms with Gasteiger partial charge in [0.15, 0.2) is 0 Å². The summed E-state index contributed by atoms with van der Waals surface area (Å²) in [6.07, 6.45) is 2.46. The molecule has 3 nitrogen and oxygen atoms in total. The van der Waals surface area contributed by atoms with Gasteiger partial charge >= 0.3 is 0 Å². The van der Waals surface area contributed by atoms with Crippen LogP contribution in [0, 0.1) is 12.8 Å². The van der Waals surface area contributed by atoms with E-state index in [0.29, 0.717) is 6.04 Å². The van der Waals surface area contributed by atoms with E-state index in [1.54, 1.807) is 0 Å². The summed E-state index contributed by atoms with van der Waals surface area (Å²) >= 11 is 3.60. The van der Waals surface area contributed by atoms with Crippen molar-refractivity contribution in [1.29, 1.82) is 0 Å². The number of nitrogens with one attached hydrogen (secondary N) is 1. The summed E-state index contributed by atoms with van der Waals surface area (Å²) in [5.41, 5.74) is 2.28. The lowest BCUT2D eigenvalue weighted by atomic mass is 9.95. The second kappa shape index (κ2) is 6.55. The lowest BCUT2D eigenvalue weighted by Gasteiger charge is -2.22. The number of aromatic nitrogens is 2. The van der Waals surface area contributed by atoms with Crippen LogP contribution in [0.15, 0.2) is 4.47 Å². The molecule has 1 rings (SSSR count). The third kappa shape index (κ3) is 3.55. The van der Waals surface area contributed by atoms with Crippen LogP contribution in [0.1, 0.15) is 45.0 Å². The first-order valence-electron chi connectivity index (χ1n) is 6.42. The first-order valence-corrected chi connectivity index (χ1v) is 7.21. The zero-order valence-corrected chi connectivity index (χ0v) is 13.1. The molecule has 1 N–H and O–H groups in total. The minimum Gasteiger partial charge on any atom is -0.308 e. The molecule has 1 atom stereocenters. The summed E-state index contributed by atoms with van der Waals surface area (Å²) in [4.78, 5) is 0. The molecule has 4 heteroatoms. The molecule has 17 heavy (non-hydrogen) atoms.